The van der Waals surface area contributed by atoms with Gasteiger partial charge in [-0.15, -0.1) is 0 Å². The van der Waals surface area contributed by atoms with E-state index in [1.54, 1.807) is 0 Å². The van der Waals surface area contributed by atoms with Crippen LogP contribution in [0.15, 0.2) is 30.3 Å². The quantitative estimate of drug-likeness (QED) is 0.687. The van der Waals surface area contributed by atoms with E-state index in [0.29, 0.717) is 5.92 Å². The molecule has 1 atom stereocenters. The molecule has 0 saturated carbocycles. The Bertz CT molecular complexity index is 266. The van der Waals surface area contributed by atoms with Crippen molar-refractivity contribution in [3.8, 4) is 0 Å². The maximum absolute atomic E-state index is 3.54. The minimum Gasteiger partial charge on any atom is -0.316 e. The first-order chi connectivity index (χ1) is 7.70. The van der Waals surface area contributed by atoms with Crippen molar-refractivity contribution in [1.29, 1.82) is 0 Å². The third-order valence-electron chi connectivity index (χ3n) is 2.95. The van der Waals surface area contributed by atoms with Crippen LogP contribution < -0.4 is 5.32 Å². The highest BCUT2D eigenvalue weighted by molar-refractivity contribution is 5.18. The number of benzene rings is 1. The first-order valence-corrected chi connectivity index (χ1v) is 6.46. The molecule has 1 heteroatoms. The van der Waals surface area contributed by atoms with E-state index >= 15 is 0 Å². The fraction of sp³-hybridized carbons (Fsp3) is 0.600. The second-order valence-electron chi connectivity index (χ2n) is 5.05. The van der Waals surface area contributed by atoms with Crippen molar-refractivity contribution in [2.24, 2.45) is 5.92 Å². The normalized spacial score (nSPS) is 13.0. The van der Waals surface area contributed by atoms with Gasteiger partial charge in [0.15, 0.2) is 0 Å². The van der Waals surface area contributed by atoms with Gasteiger partial charge in [-0.05, 0) is 36.8 Å². The van der Waals surface area contributed by atoms with Gasteiger partial charge in [-0.1, -0.05) is 51.1 Å². The molecule has 0 aliphatic heterocycles. The lowest BCUT2D eigenvalue weighted by molar-refractivity contribution is 0.517. The van der Waals surface area contributed by atoms with Crippen LogP contribution in [0.3, 0.4) is 0 Å². The Labute approximate surface area is 100 Å². The monoisotopic (exact) mass is 219 g/mol. The summed E-state index contributed by atoms with van der Waals surface area (Å²) < 4.78 is 0. The van der Waals surface area contributed by atoms with E-state index in [2.05, 4.69) is 56.4 Å². The fourth-order valence-electron chi connectivity index (χ4n) is 1.85. The lowest BCUT2D eigenvalue weighted by Crippen LogP contribution is -2.21. The highest BCUT2D eigenvalue weighted by atomic mass is 14.8. The lowest BCUT2D eigenvalue weighted by Gasteiger charge is -2.13. The smallest absolute Gasteiger partial charge is 0.00174 e. The molecule has 1 aromatic carbocycles. The van der Waals surface area contributed by atoms with Crippen LogP contribution in [0, 0.1) is 5.92 Å². The lowest BCUT2D eigenvalue weighted by atomic mass is 10.0. The predicted molar refractivity (Wildman–Crippen MR) is 71.8 cm³/mol. The van der Waals surface area contributed by atoms with Crippen LogP contribution in [0.25, 0.3) is 0 Å². The van der Waals surface area contributed by atoms with Gasteiger partial charge in [0.2, 0.25) is 0 Å². The second kappa shape index (κ2) is 7.45. The number of hydrogen-bond donors (Lipinski definition) is 1. The van der Waals surface area contributed by atoms with Crippen LogP contribution in [-0.2, 0) is 0 Å². The van der Waals surface area contributed by atoms with Crippen LogP contribution in [-0.4, -0.2) is 13.1 Å². The molecule has 1 N–H and O–H groups in total. The van der Waals surface area contributed by atoms with E-state index in [4.69, 9.17) is 0 Å². The van der Waals surface area contributed by atoms with Crippen molar-refractivity contribution in [2.75, 3.05) is 13.1 Å². The Hall–Kier alpha value is -0.820. The van der Waals surface area contributed by atoms with Crippen LogP contribution in [0.2, 0.25) is 0 Å². The molecule has 0 amide bonds. The summed E-state index contributed by atoms with van der Waals surface area (Å²) in [4.78, 5) is 0. The van der Waals surface area contributed by atoms with Gasteiger partial charge < -0.3 is 5.32 Å². The van der Waals surface area contributed by atoms with Crippen molar-refractivity contribution >= 4 is 0 Å². The molecule has 0 radical (unpaired) electrons. The maximum Gasteiger partial charge on any atom is 0.00174 e. The predicted octanol–water partition coefficient (Wildman–Crippen LogP) is 3.82. The number of nitrogens with one attached hydrogen (secondary N) is 1. The molecule has 1 rings (SSSR count). The topological polar surface area (TPSA) is 12.0 Å². The Morgan fingerprint density at radius 2 is 1.75 bits per heavy atom. The Balaban J connectivity index is 2.14. The summed E-state index contributed by atoms with van der Waals surface area (Å²) in [5.74, 6) is 1.44. The van der Waals surface area contributed by atoms with Gasteiger partial charge in [0, 0.05) is 6.54 Å². The molecule has 0 bridgehead atoms. The van der Waals surface area contributed by atoms with Crippen molar-refractivity contribution in [3.63, 3.8) is 0 Å². The summed E-state index contributed by atoms with van der Waals surface area (Å²) in [5, 5.41) is 3.54. The molecule has 0 aliphatic rings. The van der Waals surface area contributed by atoms with E-state index in [1.165, 1.54) is 18.4 Å². The van der Waals surface area contributed by atoms with E-state index in [0.717, 1.165) is 19.0 Å². The molecule has 0 aromatic heterocycles. The maximum atomic E-state index is 3.54. The summed E-state index contributed by atoms with van der Waals surface area (Å²) in [7, 11) is 0. The molecular formula is C15H25N. The van der Waals surface area contributed by atoms with Gasteiger partial charge >= 0.3 is 0 Å². The molecule has 0 saturated heterocycles. The zero-order chi connectivity index (χ0) is 11.8. The Morgan fingerprint density at radius 3 is 2.38 bits per heavy atom. The summed E-state index contributed by atoms with van der Waals surface area (Å²) in [6.45, 7) is 9.08. The van der Waals surface area contributed by atoms with Gasteiger partial charge in [0.05, 0.1) is 0 Å². The standard InChI is InChI=1S/C15H25N/c1-13(2)8-7-11-16-12-14(3)15-9-5-4-6-10-15/h4-6,9-10,13-14,16H,7-8,11-12H2,1-3H3. The average Bonchev–Trinajstić information content (AvgIpc) is 2.29. The van der Waals surface area contributed by atoms with E-state index < -0.39 is 0 Å². The zero-order valence-corrected chi connectivity index (χ0v) is 10.9. The van der Waals surface area contributed by atoms with Gasteiger partial charge in [-0.25, -0.2) is 0 Å². The number of hydrogen-bond acceptors (Lipinski definition) is 1. The van der Waals surface area contributed by atoms with Gasteiger partial charge in [0.25, 0.3) is 0 Å². The molecule has 0 aliphatic carbocycles. The SMILES string of the molecule is CC(C)CCCNCC(C)c1ccccc1. The van der Waals surface area contributed by atoms with Crippen LogP contribution >= 0.6 is 0 Å². The molecule has 90 valence electrons. The molecule has 16 heavy (non-hydrogen) atoms. The first-order valence-electron chi connectivity index (χ1n) is 6.46. The highest BCUT2D eigenvalue weighted by Crippen LogP contribution is 2.13. The number of rotatable bonds is 7. The molecule has 0 heterocycles. The van der Waals surface area contributed by atoms with E-state index in [9.17, 15) is 0 Å². The minimum absolute atomic E-state index is 0.611. The van der Waals surface area contributed by atoms with E-state index in [1.807, 2.05) is 0 Å². The fourth-order valence-corrected chi connectivity index (χ4v) is 1.85. The molecular weight excluding hydrogens is 194 g/mol. The van der Waals surface area contributed by atoms with Crippen molar-refractivity contribution < 1.29 is 0 Å². The molecule has 0 fully saturated rings. The Kier molecular flexibility index (Phi) is 6.17. The van der Waals surface area contributed by atoms with Crippen molar-refractivity contribution in [3.05, 3.63) is 35.9 Å². The zero-order valence-electron chi connectivity index (χ0n) is 10.9. The molecule has 1 aromatic rings. The van der Waals surface area contributed by atoms with Crippen molar-refractivity contribution in [2.45, 2.75) is 39.5 Å². The summed E-state index contributed by atoms with van der Waals surface area (Å²) in [5.41, 5.74) is 1.43. The summed E-state index contributed by atoms with van der Waals surface area (Å²) in [6.07, 6.45) is 2.62. The third-order valence-corrected chi connectivity index (χ3v) is 2.95. The largest absolute Gasteiger partial charge is 0.316 e. The van der Waals surface area contributed by atoms with Gasteiger partial charge in [-0.2, -0.15) is 0 Å². The van der Waals surface area contributed by atoms with Crippen LogP contribution in [0.5, 0.6) is 0 Å². The average molecular weight is 219 g/mol. The highest BCUT2D eigenvalue weighted by Gasteiger charge is 2.03. The van der Waals surface area contributed by atoms with Gasteiger partial charge in [-0.3, -0.25) is 0 Å². The molecule has 1 nitrogen and oxygen atoms in total. The summed E-state index contributed by atoms with van der Waals surface area (Å²) >= 11 is 0. The van der Waals surface area contributed by atoms with E-state index in [-0.39, 0.29) is 0 Å². The van der Waals surface area contributed by atoms with Gasteiger partial charge in [0.1, 0.15) is 0 Å². The minimum atomic E-state index is 0.611. The second-order valence-corrected chi connectivity index (χ2v) is 5.05. The third kappa shape index (κ3) is 5.32. The van der Waals surface area contributed by atoms with Crippen molar-refractivity contribution in [1.82, 2.24) is 5.32 Å². The molecule has 0 spiro atoms. The van der Waals surface area contributed by atoms with Crippen LogP contribution in [0.4, 0.5) is 0 Å². The van der Waals surface area contributed by atoms with Crippen LogP contribution in [0.1, 0.15) is 45.1 Å². The molecule has 1 unspecified atom stereocenters. The Morgan fingerprint density at radius 1 is 1.06 bits per heavy atom. The first kappa shape index (κ1) is 13.2. The summed E-state index contributed by atoms with van der Waals surface area (Å²) in [6, 6.07) is 10.7.